The minimum atomic E-state index is 0.0393. The summed E-state index contributed by atoms with van der Waals surface area (Å²) in [6, 6.07) is 8.21. The van der Waals surface area contributed by atoms with Gasteiger partial charge in [0.25, 0.3) is 0 Å². The van der Waals surface area contributed by atoms with Gasteiger partial charge < -0.3 is 16.0 Å². The van der Waals surface area contributed by atoms with Gasteiger partial charge in [0.1, 0.15) is 0 Å². The lowest BCUT2D eigenvalue weighted by molar-refractivity contribution is 0.141. The fourth-order valence-electron chi connectivity index (χ4n) is 2.48. The van der Waals surface area contributed by atoms with Crippen LogP contribution in [0.1, 0.15) is 5.56 Å². The molecule has 116 valence electrons. The maximum atomic E-state index is 12.1. The highest BCUT2D eigenvalue weighted by Gasteiger charge is 2.19. The standard InChI is InChI=1S/C15H23BrN4O/c16-14-3-1-2-13(12-14)4-6-18-15(21)20-10-8-19(7-5-17)9-11-20/h1-3,12H,4-11,17H2,(H,18,21). The first-order valence-electron chi connectivity index (χ1n) is 7.38. The molecule has 1 aliphatic rings. The van der Waals surface area contributed by atoms with Crippen molar-refractivity contribution in [1.82, 2.24) is 15.1 Å². The number of benzene rings is 1. The summed E-state index contributed by atoms with van der Waals surface area (Å²) in [5.41, 5.74) is 6.77. The molecule has 1 aliphatic heterocycles. The topological polar surface area (TPSA) is 61.6 Å². The number of carbonyl (C=O) groups is 1. The summed E-state index contributed by atoms with van der Waals surface area (Å²) in [5.74, 6) is 0. The van der Waals surface area contributed by atoms with Gasteiger partial charge in [-0.2, -0.15) is 0 Å². The predicted molar refractivity (Wildman–Crippen MR) is 88.3 cm³/mol. The second-order valence-corrected chi connectivity index (χ2v) is 6.14. The molecule has 2 rings (SSSR count). The normalized spacial score (nSPS) is 16.0. The molecule has 1 heterocycles. The Morgan fingerprint density at radius 3 is 2.71 bits per heavy atom. The Kier molecular flexibility index (Phi) is 6.48. The third kappa shape index (κ3) is 5.30. The van der Waals surface area contributed by atoms with Crippen molar-refractivity contribution in [3.05, 3.63) is 34.3 Å². The first-order valence-corrected chi connectivity index (χ1v) is 8.18. The Bertz CT molecular complexity index is 461. The summed E-state index contributed by atoms with van der Waals surface area (Å²) in [6.45, 7) is 5.65. The second kappa shape index (κ2) is 8.36. The van der Waals surface area contributed by atoms with E-state index in [1.165, 1.54) is 5.56 Å². The van der Waals surface area contributed by atoms with E-state index in [1.807, 2.05) is 17.0 Å². The zero-order valence-electron chi connectivity index (χ0n) is 12.2. The summed E-state index contributed by atoms with van der Waals surface area (Å²) in [4.78, 5) is 16.3. The number of urea groups is 1. The molecule has 21 heavy (non-hydrogen) atoms. The SMILES string of the molecule is NCCN1CCN(C(=O)NCCc2cccc(Br)c2)CC1. The van der Waals surface area contributed by atoms with Gasteiger partial charge in [-0.25, -0.2) is 4.79 Å². The van der Waals surface area contributed by atoms with Gasteiger partial charge in [0, 0.05) is 50.3 Å². The first-order chi connectivity index (χ1) is 10.2. The molecule has 1 aromatic carbocycles. The number of carbonyl (C=O) groups excluding carboxylic acids is 1. The Hall–Kier alpha value is -1.11. The Morgan fingerprint density at radius 1 is 1.29 bits per heavy atom. The number of piperazine rings is 1. The van der Waals surface area contributed by atoms with Gasteiger partial charge in [-0.3, -0.25) is 4.90 Å². The molecule has 1 fully saturated rings. The van der Waals surface area contributed by atoms with Crippen LogP contribution in [-0.4, -0.2) is 61.6 Å². The predicted octanol–water partition coefficient (Wildman–Crippen LogP) is 1.28. The van der Waals surface area contributed by atoms with E-state index in [4.69, 9.17) is 5.73 Å². The van der Waals surface area contributed by atoms with Crippen molar-refractivity contribution in [3.8, 4) is 0 Å². The van der Waals surface area contributed by atoms with E-state index in [2.05, 4.69) is 38.3 Å². The lowest BCUT2D eigenvalue weighted by Crippen LogP contribution is -2.52. The molecule has 2 amide bonds. The van der Waals surface area contributed by atoms with Crippen LogP contribution in [0.3, 0.4) is 0 Å². The zero-order chi connectivity index (χ0) is 15.1. The summed E-state index contributed by atoms with van der Waals surface area (Å²) >= 11 is 3.45. The molecule has 0 aliphatic carbocycles. The van der Waals surface area contributed by atoms with Gasteiger partial charge >= 0.3 is 6.03 Å². The van der Waals surface area contributed by atoms with E-state index in [1.54, 1.807) is 0 Å². The van der Waals surface area contributed by atoms with Crippen molar-refractivity contribution in [2.75, 3.05) is 45.8 Å². The summed E-state index contributed by atoms with van der Waals surface area (Å²) < 4.78 is 1.07. The third-order valence-corrected chi connectivity index (χ3v) is 4.18. The van der Waals surface area contributed by atoms with E-state index in [0.717, 1.165) is 43.6 Å². The number of rotatable bonds is 5. The van der Waals surface area contributed by atoms with E-state index in [-0.39, 0.29) is 6.03 Å². The van der Waals surface area contributed by atoms with Crippen LogP contribution in [0.4, 0.5) is 4.79 Å². The van der Waals surface area contributed by atoms with Crippen LogP contribution in [0.2, 0.25) is 0 Å². The highest BCUT2D eigenvalue weighted by Crippen LogP contribution is 2.11. The Morgan fingerprint density at radius 2 is 2.05 bits per heavy atom. The first kappa shape index (κ1) is 16.3. The quantitative estimate of drug-likeness (QED) is 0.837. The molecule has 1 aromatic rings. The summed E-state index contributed by atoms with van der Waals surface area (Å²) in [6.07, 6.45) is 0.846. The Labute approximate surface area is 134 Å². The second-order valence-electron chi connectivity index (χ2n) is 5.23. The molecule has 3 N–H and O–H groups in total. The molecule has 1 saturated heterocycles. The molecule has 5 nitrogen and oxygen atoms in total. The van der Waals surface area contributed by atoms with Crippen LogP contribution in [0.5, 0.6) is 0 Å². The van der Waals surface area contributed by atoms with Crippen LogP contribution in [0.15, 0.2) is 28.7 Å². The molecule has 0 spiro atoms. The van der Waals surface area contributed by atoms with Gasteiger partial charge in [-0.1, -0.05) is 28.1 Å². The molecule has 0 saturated carbocycles. The number of hydrogen-bond donors (Lipinski definition) is 2. The van der Waals surface area contributed by atoms with Crippen LogP contribution >= 0.6 is 15.9 Å². The van der Waals surface area contributed by atoms with Crippen molar-refractivity contribution in [3.63, 3.8) is 0 Å². The fraction of sp³-hybridized carbons (Fsp3) is 0.533. The maximum absolute atomic E-state index is 12.1. The molecular formula is C15H23BrN4O. The van der Waals surface area contributed by atoms with Crippen molar-refractivity contribution >= 4 is 22.0 Å². The Balaban J connectivity index is 1.68. The average Bonchev–Trinajstić information content (AvgIpc) is 2.48. The van der Waals surface area contributed by atoms with Gasteiger partial charge in [-0.05, 0) is 24.1 Å². The fourth-order valence-corrected chi connectivity index (χ4v) is 2.92. The number of nitrogens with one attached hydrogen (secondary N) is 1. The lowest BCUT2D eigenvalue weighted by atomic mass is 10.1. The minimum absolute atomic E-state index is 0.0393. The highest BCUT2D eigenvalue weighted by atomic mass is 79.9. The molecule has 0 radical (unpaired) electrons. The van der Waals surface area contributed by atoms with Gasteiger partial charge in [0.15, 0.2) is 0 Å². The van der Waals surface area contributed by atoms with E-state index < -0.39 is 0 Å². The van der Waals surface area contributed by atoms with Gasteiger partial charge in [0.05, 0.1) is 0 Å². The van der Waals surface area contributed by atoms with Crippen LogP contribution in [0, 0.1) is 0 Å². The molecule has 0 bridgehead atoms. The monoisotopic (exact) mass is 354 g/mol. The smallest absolute Gasteiger partial charge is 0.317 e. The minimum Gasteiger partial charge on any atom is -0.338 e. The van der Waals surface area contributed by atoms with Crippen LogP contribution in [-0.2, 0) is 6.42 Å². The molecule has 0 unspecified atom stereocenters. The van der Waals surface area contributed by atoms with Crippen molar-refractivity contribution in [2.24, 2.45) is 5.73 Å². The summed E-state index contributed by atoms with van der Waals surface area (Å²) in [7, 11) is 0. The molecule has 6 heteroatoms. The van der Waals surface area contributed by atoms with Crippen LogP contribution < -0.4 is 11.1 Å². The number of nitrogens with two attached hydrogens (primary N) is 1. The maximum Gasteiger partial charge on any atom is 0.317 e. The molecule has 0 aromatic heterocycles. The van der Waals surface area contributed by atoms with Crippen LogP contribution in [0.25, 0.3) is 0 Å². The number of hydrogen-bond acceptors (Lipinski definition) is 3. The third-order valence-electron chi connectivity index (χ3n) is 3.68. The zero-order valence-corrected chi connectivity index (χ0v) is 13.8. The number of halogens is 1. The van der Waals surface area contributed by atoms with E-state index in [0.29, 0.717) is 13.1 Å². The summed E-state index contributed by atoms with van der Waals surface area (Å²) in [5, 5.41) is 3.00. The number of nitrogens with zero attached hydrogens (tertiary/aromatic N) is 2. The lowest BCUT2D eigenvalue weighted by Gasteiger charge is -2.34. The highest BCUT2D eigenvalue weighted by molar-refractivity contribution is 9.10. The molecule has 0 atom stereocenters. The van der Waals surface area contributed by atoms with Gasteiger partial charge in [0.2, 0.25) is 0 Å². The van der Waals surface area contributed by atoms with Crippen molar-refractivity contribution in [1.29, 1.82) is 0 Å². The molecular weight excluding hydrogens is 332 g/mol. The van der Waals surface area contributed by atoms with Crippen molar-refractivity contribution < 1.29 is 4.79 Å². The average molecular weight is 355 g/mol. The largest absolute Gasteiger partial charge is 0.338 e. The van der Waals surface area contributed by atoms with Crippen molar-refractivity contribution in [2.45, 2.75) is 6.42 Å². The number of amides is 2. The van der Waals surface area contributed by atoms with E-state index in [9.17, 15) is 4.79 Å². The van der Waals surface area contributed by atoms with E-state index >= 15 is 0 Å². The van der Waals surface area contributed by atoms with Gasteiger partial charge in [-0.15, -0.1) is 0 Å².